The second-order valence-electron chi connectivity index (χ2n) is 10.1. The van der Waals surface area contributed by atoms with Crippen molar-refractivity contribution in [3.05, 3.63) is 11.3 Å². The van der Waals surface area contributed by atoms with Gasteiger partial charge in [0.1, 0.15) is 5.82 Å². The number of nitrogens with zero attached hydrogens (tertiary/aromatic N) is 4. The van der Waals surface area contributed by atoms with E-state index in [2.05, 4.69) is 24.1 Å². The summed E-state index contributed by atoms with van der Waals surface area (Å²) in [6.45, 7) is 7.09. The third kappa shape index (κ3) is 4.76. The lowest BCUT2D eigenvalue weighted by Gasteiger charge is -2.46. The molecule has 1 atom stereocenters. The standard InChI is InChI=1S/C23H35N5O4/c1-15(2)10-16(11-19(29)32-3)24-20-17-6-4-5-7-18(17)25-21(26-20)27-9-8-23(12-27)13-28(14-23)22(30)31/h15-16H,4-14H2,1-3H3,(H,30,31)(H,24,25,26). The van der Waals surface area contributed by atoms with E-state index in [0.717, 1.165) is 69.1 Å². The van der Waals surface area contributed by atoms with Gasteiger partial charge in [0, 0.05) is 43.2 Å². The van der Waals surface area contributed by atoms with E-state index in [4.69, 9.17) is 14.7 Å². The second-order valence-corrected chi connectivity index (χ2v) is 10.1. The Morgan fingerprint density at radius 2 is 1.94 bits per heavy atom. The summed E-state index contributed by atoms with van der Waals surface area (Å²) >= 11 is 0. The molecule has 1 aliphatic carbocycles. The first-order valence-corrected chi connectivity index (χ1v) is 11.7. The molecule has 1 unspecified atom stereocenters. The molecule has 1 aromatic rings. The van der Waals surface area contributed by atoms with Crippen LogP contribution in [0.25, 0.3) is 0 Å². The largest absolute Gasteiger partial charge is 0.469 e. The van der Waals surface area contributed by atoms with E-state index >= 15 is 0 Å². The van der Waals surface area contributed by atoms with Crippen molar-refractivity contribution in [3.8, 4) is 0 Å². The zero-order chi connectivity index (χ0) is 22.9. The molecular weight excluding hydrogens is 410 g/mol. The van der Waals surface area contributed by atoms with Crippen LogP contribution in [0.15, 0.2) is 0 Å². The van der Waals surface area contributed by atoms with Crippen molar-refractivity contribution in [2.24, 2.45) is 11.3 Å². The number of carbonyl (C=O) groups is 2. The number of ether oxygens (including phenoxy) is 1. The molecule has 0 radical (unpaired) electrons. The van der Waals surface area contributed by atoms with Crippen LogP contribution < -0.4 is 10.2 Å². The Bertz CT molecular complexity index is 868. The Labute approximate surface area is 189 Å². The van der Waals surface area contributed by atoms with E-state index in [1.54, 1.807) is 0 Å². The lowest BCUT2D eigenvalue weighted by Crippen LogP contribution is -2.59. The van der Waals surface area contributed by atoms with Gasteiger partial charge in [0.15, 0.2) is 0 Å². The minimum absolute atomic E-state index is 0.0241. The smallest absolute Gasteiger partial charge is 0.407 e. The molecule has 0 bridgehead atoms. The number of rotatable bonds is 7. The molecule has 1 aromatic heterocycles. The van der Waals surface area contributed by atoms with Crippen molar-refractivity contribution in [2.45, 2.75) is 64.8 Å². The minimum atomic E-state index is -0.840. The molecule has 1 amide bonds. The zero-order valence-corrected chi connectivity index (χ0v) is 19.4. The predicted molar refractivity (Wildman–Crippen MR) is 121 cm³/mol. The number of hydrogen-bond acceptors (Lipinski definition) is 7. The molecule has 2 saturated heterocycles. The average Bonchev–Trinajstić information content (AvgIpc) is 3.18. The van der Waals surface area contributed by atoms with Crippen molar-refractivity contribution in [3.63, 3.8) is 0 Å². The highest BCUT2D eigenvalue weighted by molar-refractivity contribution is 5.70. The van der Waals surface area contributed by atoms with Crippen LogP contribution in [0.5, 0.6) is 0 Å². The Hall–Kier alpha value is -2.58. The van der Waals surface area contributed by atoms with Crippen molar-refractivity contribution in [1.82, 2.24) is 14.9 Å². The van der Waals surface area contributed by atoms with Gasteiger partial charge in [0.25, 0.3) is 0 Å². The number of fused-ring (bicyclic) bond motifs is 1. The fourth-order valence-electron chi connectivity index (χ4n) is 5.34. The summed E-state index contributed by atoms with van der Waals surface area (Å²) in [4.78, 5) is 36.8. The highest BCUT2D eigenvalue weighted by Gasteiger charge is 2.50. The number of methoxy groups -OCH3 is 1. The highest BCUT2D eigenvalue weighted by atomic mass is 16.5. The molecule has 2 fully saturated rings. The Balaban J connectivity index is 1.55. The number of aromatic nitrogens is 2. The Morgan fingerprint density at radius 3 is 2.62 bits per heavy atom. The number of nitrogens with one attached hydrogen (secondary N) is 1. The molecule has 3 aliphatic rings. The van der Waals surface area contributed by atoms with Crippen LogP contribution >= 0.6 is 0 Å². The van der Waals surface area contributed by atoms with E-state index in [1.165, 1.54) is 17.6 Å². The fourth-order valence-corrected chi connectivity index (χ4v) is 5.34. The number of amides is 1. The fraction of sp³-hybridized carbons (Fsp3) is 0.739. The molecule has 1 spiro atoms. The third-order valence-corrected chi connectivity index (χ3v) is 6.95. The predicted octanol–water partition coefficient (Wildman–Crippen LogP) is 2.94. The van der Waals surface area contributed by atoms with Gasteiger partial charge in [0.05, 0.1) is 19.2 Å². The van der Waals surface area contributed by atoms with E-state index in [9.17, 15) is 14.7 Å². The minimum Gasteiger partial charge on any atom is -0.469 e. The van der Waals surface area contributed by atoms with Crippen molar-refractivity contribution >= 4 is 23.8 Å². The molecule has 2 N–H and O–H groups in total. The van der Waals surface area contributed by atoms with Gasteiger partial charge in [-0.2, -0.15) is 4.98 Å². The molecule has 2 aliphatic heterocycles. The van der Waals surface area contributed by atoms with Crippen LogP contribution in [0, 0.1) is 11.3 Å². The summed E-state index contributed by atoms with van der Waals surface area (Å²) in [6, 6.07) is -0.0445. The molecule has 176 valence electrons. The first-order chi connectivity index (χ1) is 15.3. The zero-order valence-electron chi connectivity index (χ0n) is 19.4. The highest BCUT2D eigenvalue weighted by Crippen LogP contribution is 2.41. The van der Waals surface area contributed by atoms with Gasteiger partial charge in [-0.1, -0.05) is 13.8 Å². The van der Waals surface area contributed by atoms with Gasteiger partial charge in [-0.3, -0.25) is 4.79 Å². The summed E-state index contributed by atoms with van der Waals surface area (Å²) in [6.07, 6.45) is 5.40. The summed E-state index contributed by atoms with van der Waals surface area (Å²) in [5.74, 6) is 1.78. The van der Waals surface area contributed by atoms with Gasteiger partial charge in [-0.25, -0.2) is 9.78 Å². The molecule has 9 nitrogen and oxygen atoms in total. The molecule has 32 heavy (non-hydrogen) atoms. The van der Waals surface area contributed by atoms with Crippen LogP contribution in [0.2, 0.25) is 0 Å². The molecule has 0 aromatic carbocycles. The molecular formula is C23H35N5O4. The average molecular weight is 446 g/mol. The first kappa shape index (κ1) is 22.6. The monoisotopic (exact) mass is 445 g/mol. The number of aryl methyl sites for hydroxylation is 1. The Kier molecular flexibility index (Phi) is 6.44. The number of carboxylic acid groups (broad SMARTS) is 1. The van der Waals surface area contributed by atoms with E-state index in [0.29, 0.717) is 25.4 Å². The number of anilines is 2. The number of esters is 1. The van der Waals surface area contributed by atoms with Crippen molar-refractivity contribution < 1.29 is 19.4 Å². The quantitative estimate of drug-likeness (QED) is 0.617. The van der Waals surface area contributed by atoms with Crippen LogP contribution in [-0.4, -0.2) is 71.4 Å². The van der Waals surface area contributed by atoms with Crippen LogP contribution in [0.4, 0.5) is 16.6 Å². The van der Waals surface area contributed by atoms with Crippen molar-refractivity contribution in [2.75, 3.05) is 43.5 Å². The summed E-state index contributed by atoms with van der Waals surface area (Å²) in [5.41, 5.74) is 2.30. The van der Waals surface area contributed by atoms with Crippen molar-refractivity contribution in [1.29, 1.82) is 0 Å². The van der Waals surface area contributed by atoms with Gasteiger partial charge in [-0.15, -0.1) is 0 Å². The van der Waals surface area contributed by atoms with E-state index < -0.39 is 6.09 Å². The topological polar surface area (TPSA) is 108 Å². The summed E-state index contributed by atoms with van der Waals surface area (Å²) < 4.78 is 4.92. The van der Waals surface area contributed by atoms with Crippen LogP contribution in [0.1, 0.15) is 57.2 Å². The first-order valence-electron chi connectivity index (χ1n) is 11.7. The van der Waals surface area contributed by atoms with Gasteiger partial charge in [-0.05, 0) is 44.4 Å². The maximum absolute atomic E-state index is 12.0. The maximum atomic E-state index is 12.0. The molecule has 3 heterocycles. The number of carbonyl (C=O) groups excluding carboxylic acids is 1. The molecule has 0 saturated carbocycles. The van der Waals surface area contributed by atoms with E-state index in [-0.39, 0.29) is 17.4 Å². The van der Waals surface area contributed by atoms with Crippen LogP contribution in [-0.2, 0) is 22.4 Å². The number of hydrogen-bond donors (Lipinski definition) is 2. The van der Waals surface area contributed by atoms with Gasteiger partial charge in [0.2, 0.25) is 5.95 Å². The van der Waals surface area contributed by atoms with Crippen LogP contribution in [0.3, 0.4) is 0 Å². The third-order valence-electron chi connectivity index (χ3n) is 6.95. The summed E-state index contributed by atoms with van der Waals surface area (Å²) in [5, 5.41) is 12.8. The lowest BCUT2D eigenvalue weighted by atomic mass is 9.79. The molecule has 4 rings (SSSR count). The molecule has 9 heteroatoms. The van der Waals surface area contributed by atoms with Gasteiger partial charge < -0.3 is 25.0 Å². The lowest BCUT2D eigenvalue weighted by molar-refractivity contribution is -0.140. The van der Waals surface area contributed by atoms with E-state index in [1.807, 2.05) is 0 Å². The normalized spacial score (nSPS) is 20.1. The maximum Gasteiger partial charge on any atom is 0.407 e. The second kappa shape index (κ2) is 9.11. The van der Waals surface area contributed by atoms with Gasteiger partial charge >= 0.3 is 12.1 Å². The summed E-state index contributed by atoms with van der Waals surface area (Å²) in [7, 11) is 1.43. The SMILES string of the molecule is COC(=O)CC(CC(C)C)Nc1nc(N2CCC3(CN(C(=O)O)C3)C2)nc2c1CCCC2. The Morgan fingerprint density at radius 1 is 1.19 bits per heavy atom. The number of likely N-dealkylation sites (tertiary alicyclic amines) is 1.